The second-order valence-corrected chi connectivity index (χ2v) is 5.76. The molecule has 0 radical (unpaired) electrons. The van der Waals surface area contributed by atoms with Crippen LogP contribution in [0, 0.1) is 0 Å². The summed E-state index contributed by atoms with van der Waals surface area (Å²) in [5, 5.41) is 0.734. The zero-order valence-electron chi connectivity index (χ0n) is 12.4. The lowest BCUT2D eigenvalue weighted by Gasteiger charge is -2.25. The Bertz CT molecular complexity index is 461. The number of halogens is 1. The summed E-state index contributed by atoms with van der Waals surface area (Å²) < 4.78 is 10.4. The minimum absolute atomic E-state index is 0.182. The summed E-state index contributed by atoms with van der Waals surface area (Å²) in [6.07, 6.45) is 2.86. The van der Waals surface area contributed by atoms with Crippen LogP contribution in [0.25, 0.3) is 0 Å². The molecule has 2 rings (SSSR count). The zero-order chi connectivity index (χ0) is 15.1. The molecule has 1 aliphatic heterocycles. The summed E-state index contributed by atoms with van der Waals surface area (Å²) in [6.45, 7) is 3.10. The molecule has 4 nitrogen and oxygen atoms in total. The van der Waals surface area contributed by atoms with Crippen molar-refractivity contribution in [3.05, 3.63) is 34.9 Å². The summed E-state index contributed by atoms with van der Waals surface area (Å²) in [6, 6.07) is 7.82. The first-order chi connectivity index (χ1) is 10.2. The lowest BCUT2D eigenvalue weighted by molar-refractivity contribution is -0.141. The van der Waals surface area contributed by atoms with Crippen LogP contribution in [-0.4, -0.2) is 43.8 Å². The quantitative estimate of drug-likeness (QED) is 0.726. The molecule has 0 amide bonds. The van der Waals surface area contributed by atoms with E-state index < -0.39 is 0 Å². The fourth-order valence-electron chi connectivity index (χ4n) is 2.56. The first-order valence-electron chi connectivity index (χ1n) is 7.32. The summed E-state index contributed by atoms with van der Waals surface area (Å²) in [4.78, 5) is 13.6. The number of esters is 1. The van der Waals surface area contributed by atoms with Crippen molar-refractivity contribution < 1.29 is 14.3 Å². The Morgan fingerprint density at radius 2 is 2.38 bits per heavy atom. The number of methoxy groups -OCH3 is 1. The highest BCUT2D eigenvalue weighted by Crippen LogP contribution is 2.17. The van der Waals surface area contributed by atoms with Crippen LogP contribution in [0.1, 0.15) is 24.8 Å². The fourth-order valence-corrected chi connectivity index (χ4v) is 2.77. The first-order valence-corrected chi connectivity index (χ1v) is 7.70. The largest absolute Gasteiger partial charge is 0.469 e. The average Bonchev–Trinajstić information content (AvgIpc) is 2.97. The zero-order valence-corrected chi connectivity index (χ0v) is 13.1. The Balaban J connectivity index is 1.94. The molecule has 1 unspecified atom stereocenters. The van der Waals surface area contributed by atoms with Crippen molar-refractivity contribution in [1.29, 1.82) is 0 Å². The third-order valence-electron chi connectivity index (χ3n) is 3.64. The van der Waals surface area contributed by atoms with E-state index in [1.165, 1.54) is 7.11 Å². The van der Waals surface area contributed by atoms with Gasteiger partial charge in [0.2, 0.25) is 0 Å². The number of carbonyl (C=O) groups is 1. The standard InChI is InChI=1S/C16H22ClNO3/c1-20-16(19)7-8-18(12-15-6-3-9-21-15)11-13-4-2-5-14(17)10-13/h2,4-5,10,15H,3,6-9,11-12H2,1H3. The van der Waals surface area contributed by atoms with Crippen LogP contribution in [0.2, 0.25) is 5.02 Å². The number of hydrogen-bond donors (Lipinski definition) is 0. The summed E-state index contributed by atoms with van der Waals surface area (Å²) in [5.41, 5.74) is 1.14. The van der Waals surface area contributed by atoms with Crippen molar-refractivity contribution in [3.8, 4) is 0 Å². The summed E-state index contributed by atoms with van der Waals surface area (Å²) in [5.74, 6) is -0.182. The van der Waals surface area contributed by atoms with Crippen molar-refractivity contribution in [1.82, 2.24) is 4.90 Å². The lowest BCUT2D eigenvalue weighted by Crippen LogP contribution is -2.33. The second-order valence-electron chi connectivity index (χ2n) is 5.33. The van der Waals surface area contributed by atoms with Gasteiger partial charge in [0.25, 0.3) is 0 Å². The van der Waals surface area contributed by atoms with Gasteiger partial charge in [-0.1, -0.05) is 23.7 Å². The van der Waals surface area contributed by atoms with Crippen LogP contribution in [0.3, 0.4) is 0 Å². The Kier molecular flexibility index (Phi) is 6.49. The molecule has 1 aliphatic rings. The Morgan fingerprint density at radius 1 is 1.52 bits per heavy atom. The SMILES string of the molecule is COC(=O)CCN(Cc1cccc(Cl)c1)CC1CCCO1. The molecule has 1 saturated heterocycles. The van der Waals surface area contributed by atoms with E-state index >= 15 is 0 Å². The van der Waals surface area contributed by atoms with Gasteiger partial charge < -0.3 is 9.47 Å². The van der Waals surface area contributed by atoms with Gasteiger partial charge in [-0.2, -0.15) is 0 Å². The number of ether oxygens (including phenoxy) is 2. The van der Waals surface area contributed by atoms with E-state index in [1.54, 1.807) is 0 Å². The monoisotopic (exact) mass is 311 g/mol. The van der Waals surface area contributed by atoms with Crippen molar-refractivity contribution >= 4 is 17.6 Å². The Hall–Kier alpha value is -1.10. The number of benzene rings is 1. The van der Waals surface area contributed by atoms with Crippen LogP contribution >= 0.6 is 11.6 Å². The van der Waals surface area contributed by atoms with Crippen LogP contribution < -0.4 is 0 Å². The Morgan fingerprint density at radius 3 is 3.05 bits per heavy atom. The lowest BCUT2D eigenvalue weighted by atomic mass is 10.1. The highest BCUT2D eigenvalue weighted by atomic mass is 35.5. The second kappa shape index (κ2) is 8.37. The predicted octanol–water partition coefficient (Wildman–Crippen LogP) is 2.88. The van der Waals surface area contributed by atoms with Gasteiger partial charge >= 0.3 is 5.97 Å². The molecule has 1 aromatic carbocycles. The maximum absolute atomic E-state index is 11.4. The normalized spacial score (nSPS) is 18.1. The van der Waals surface area contributed by atoms with E-state index in [0.717, 1.165) is 43.1 Å². The molecule has 116 valence electrons. The molecular formula is C16H22ClNO3. The highest BCUT2D eigenvalue weighted by molar-refractivity contribution is 6.30. The first kappa shape index (κ1) is 16.3. The van der Waals surface area contributed by atoms with Crippen LogP contribution in [-0.2, 0) is 20.8 Å². The van der Waals surface area contributed by atoms with Crippen LogP contribution in [0.4, 0.5) is 0 Å². The maximum Gasteiger partial charge on any atom is 0.306 e. The molecule has 0 aliphatic carbocycles. The number of hydrogen-bond acceptors (Lipinski definition) is 4. The van der Waals surface area contributed by atoms with Gasteiger partial charge in [-0.05, 0) is 30.5 Å². The van der Waals surface area contributed by atoms with Crippen molar-refractivity contribution in [2.75, 3.05) is 26.8 Å². The van der Waals surface area contributed by atoms with Gasteiger partial charge in [0.15, 0.2) is 0 Å². The smallest absolute Gasteiger partial charge is 0.306 e. The van der Waals surface area contributed by atoms with E-state index in [4.69, 9.17) is 21.1 Å². The van der Waals surface area contributed by atoms with Gasteiger partial charge in [-0.3, -0.25) is 9.69 Å². The molecule has 0 saturated carbocycles. The number of nitrogens with zero attached hydrogens (tertiary/aromatic N) is 1. The Labute approximate surface area is 131 Å². The summed E-state index contributed by atoms with van der Waals surface area (Å²) in [7, 11) is 1.42. The topological polar surface area (TPSA) is 38.8 Å². The maximum atomic E-state index is 11.4. The molecule has 1 heterocycles. The molecule has 1 atom stereocenters. The molecular weight excluding hydrogens is 290 g/mol. The van der Waals surface area contributed by atoms with Crippen LogP contribution in [0.5, 0.6) is 0 Å². The van der Waals surface area contributed by atoms with E-state index in [-0.39, 0.29) is 12.1 Å². The molecule has 0 bridgehead atoms. The molecule has 0 spiro atoms. The van der Waals surface area contributed by atoms with E-state index in [0.29, 0.717) is 13.0 Å². The minimum atomic E-state index is -0.182. The third-order valence-corrected chi connectivity index (χ3v) is 3.88. The summed E-state index contributed by atoms with van der Waals surface area (Å²) >= 11 is 6.03. The van der Waals surface area contributed by atoms with Crippen molar-refractivity contribution in [3.63, 3.8) is 0 Å². The van der Waals surface area contributed by atoms with E-state index in [2.05, 4.69) is 4.90 Å². The number of rotatable bonds is 7. The van der Waals surface area contributed by atoms with Crippen molar-refractivity contribution in [2.24, 2.45) is 0 Å². The molecule has 1 aromatic rings. The third kappa shape index (κ3) is 5.65. The number of carbonyl (C=O) groups excluding carboxylic acids is 1. The van der Waals surface area contributed by atoms with Gasteiger partial charge in [0, 0.05) is 31.3 Å². The van der Waals surface area contributed by atoms with Crippen LogP contribution in [0.15, 0.2) is 24.3 Å². The van der Waals surface area contributed by atoms with Gasteiger partial charge in [0.05, 0.1) is 19.6 Å². The molecule has 5 heteroatoms. The van der Waals surface area contributed by atoms with E-state index in [9.17, 15) is 4.79 Å². The highest BCUT2D eigenvalue weighted by Gasteiger charge is 2.20. The van der Waals surface area contributed by atoms with Crippen molar-refractivity contribution in [2.45, 2.75) is 31.9 Å². The fraction of sp³-hybridized carbons (Fsp3) is 0.562. The minimum Gasteiger partial charge on any atom is -0.469 e. The van der Waals surface area contributed by atoms with Gasteiger partial charge in [0.1, 0.15) is 0 Å². The predicted molar refractivity (Wildman–Crippen MR) is 82.3 cm³/mol. The molecule has 0 aromatic heterocycles. The van der Waals surface area contributed by atoms with E-state index in [1.807, 2.05) is 24.3 Å². The average molecular weight is 312 g/mol. The van der Waals surface area contributed by atoms with Gasteiger partial charge in [-0.15, -0.1) is 0 Å². The molecule has 0 N–H and O–H groups in total. The molecule has 1 fully saturated rings. The van der Waals surface area contributed by atoms with Gasteiger partial charge in [-0.25, -0.2) is 0 Å². The molecule has 21 heavy (non-hydrogen) atoms.